The van der Waals surface area contributed by atoms with Gasteiger partial charge in [0.25, 0.3) is 0 Å². The Labute approximate surface area is 177 Å². The van der Waals surface area contributed by atoms with Crippen molar-refractivity contribution in [1.29, 1.82) is 0 Å². The van der Waals surface area contributed by atoms with E-state index in [-0.39, 0.29) is 18.4 Å². The fraction of sp³-hybridized carbons (Fsp3) is 0.333. The second kappa shape index (κ2) is 10.4. The maximum atomic E-state index is 12.8. The zero-order valence-corrected chi connectivity index (χ0v) is 17.1. The van der Waals surface area contributed by atoms with E-state index in [0.29, 0.717) is 37.4 Å². The third-order valence-electron chi connectivity index (χ3n) is 5.08. The largest absolute Gasteiger partial charge is 0.493 e. The van der Waals surface area contributed by atoms with Crippen LogP contribution in [-0.2, 0) is 22.6 Å². The summed E-state index contributed by atoms with van der Waals surface area (Å²) >= 11 is 0. The number of methoxy groups -OCH3 is 1. The minimum atomic E-state index is -0.434. The first-order valence-electron chi connectivity index (χ1n) is 9.96. The van der Waals surface area contributed by atoms with Crippen molar-refractivity contribution in [2.24, 2.45) is 0 Å². The van der Waals surface area contributed by atoms with Crippen molar-refractivity contribution < 1.29 is 19.1 Å². The summed E-state index contributed by atoms with van der Waals surface area (Å²) in [6.07, 6.45) is 7.06. The summed E-state index contributed by atoms with van der Waals surface area (Å²) in [5.74, 6) is 3.37. The van der Waals surface area contributed by atoms with Gasteiger partial charge >= 0.3 is 0 Å². The highest BCUT2D eigenvalue weighted by Crippen LogP contribution is 2.28. The first kappa shape index (κ1) is 21.3. The highest BCUT2D eigenvalue weighted by molar-refractivity contribution is 5.89. The lowest BCUT2D eigenvalue weighted by atomic mass is 10.1. The van der Waals surface area contributed by atoms with Crippen molar-refractivity contribution in [3.8, 4) is 23.8 Å². The van der Waals surface area contributed by atoms with Crippen molar-refractivity contribution in [3.05, 3.63) is 59.7 Å². The molecule has 6 heteroatoms. The Morgan fingerprint density at radius 3 is 2.70 bits per heavy atom. The molecule has 6 nitrogen and oxygen atoms in total. The number of hydrogen-bond donors (Lipinski definition) is 1. The van der Waals surface area contributed by atoms with E-state index >= 15 is 0 Å². The van der Waals surface area contributed by atoms with Crippen molar-refractivity contribution in [2.75, 3.05) is 20.3 Å². The van der Waals surface area contributed by atoms with Gasteiger partial charge in [-0.2, -0.15) is 0 Å². The average molecular weight is 406 g/mol. The van der Waals surface area contributed by atoms with Gasteiger partial charge in [0.15, 0.2) is 11.5 Å². The fourth-order valence-corrected chi connectivity index (χ4v) is 3.58. The lowest BCUT2D eigenvalue weighted by Gasteiger charge is -2.24. The third-order valence-corrected chi connectivity index (χ3v) is 5.08. The van der Waals surface area contributed by atoms with Gasteiger partial charge in [0.1, 0.15) is 12.6 Å². The number of rotatable bonds is 8. The van der Waals surface area contributed by atoms with Gasteiger partial charge in [-0.1, -0.05) is 42.3 Å². The number of carbonyl (C=O) groups excluding carboxylic acids is 2. The third kappa shape index (κ3) is 5.32. The van der Waals surface area contributed by atoms with Crippen LogP contribution < -0.4 is 14.8 Å². The molecule has 2 aromatic rings. The summed E-state index contributed by atoms with van der Waals surface area (Å²) in [7, 11) is 1.56. The highest BCUT2D eigenvalue weighted by Gasteiger charge is 2.33. The van der Waals surface area contributed by atoms with Crippen LogP contribution in [0.2, 0.25) is 0 Å². The molecule has 2 amide bonds. The second-order valence-electron chi connectivity index (χ2n) is 7.10. The van der Waals surface area contributed by atoms with Gasteiger partial charge in [0, 0.05) is 13.1 Å². The van der Waals surface area contributed by atoms with Crippen LogP contribution in [0.15, 0.2) is 48.5 Å². The van der Waals surface area contributed by atoms with Gasteiger partial charge in [-0.3, -0.25) is 9.59 Å². The molecular formula is C24H26N2O4. The lowest BCUT2D eigenvalue weighted by molar-refractivity contribution is -0.138. The molecule has 1 fully saturated rings. The Hall–Kier alpha value is -3.46. The molecule has 1 aliphatic heterocycles. The predicted molar refractivity (Wildman–Crippen MR) is 114 cm³/mol. The molecule has 1 unspecified atom stereocenters. The Morgan fingerprint density at radius 1 is 1.17 bits per heavy atom. The molecule has 0 spiro atoms. The van der Waals surface area contributed by atoms with Crippen molar-refractivity contribution in [3.63, 3.8) is 0 Å². The van der Waals surface area contributed by atoms with Crippen LogP contribution in [0.25, 0.3) is 0 Å². The molecule has 0 saturated carbocycles. The molecule has 0 radical (unpaired) electrons. The molecule has 0 bridgehead atoms. The van der Waals surface area contributed by atoms with Crippen molar-refractivity contribution >= 4 is 11.8 Å². The fourth-order valence-electron chi connectivity index (χ4n) is 3.58. The molecule has 1 N–H and O–H groups in total. The van der Waals surface area contributed by atoms with Crippen molar-refractivity contribution in [1.82, 2.24) is 10.2 Å². The summed E-state index contributed by atoms with van der Waals surface area (Å²) in [4.78, 5) is 27.2. The predicted octanol–water partition coefficient (Wildman–Crippen LogP) is 2.56. The number of benzene rings is 2. The van der Waals surface area contributed by atoms with Gasteiger partial charge in [-0.15, -0.1) is 6.42 Å². The molecule has 1 aliphatic rings. The van der Waals surface area contributed by atoms with E-state index in [0.717, 1.165) is 17.5 Å². The zero-order valence-electron chi connectivity index (χ0n) is 17.1. The first-order valence-corrected chi connectivity index (χ1v) is 9.96. The minimum Gasteiger partial charge on any atom is -0.493 e. The van der Waals surface area contributed by atoms with Gasteiger partial charge in [0.2, 0.25) is 11.8 Å². The maximum Gasteiger partial charge on any atom is 0.243 e. The molecule has 1 heterocycles. The van der Waals surface area contributed by atoms with Crippen LogP contribution in [0.3, 0.4) is 0 Å². The Bertz CT molecular complexity index is 921. The number of terminal acetylenes is 1. The second-order valence-corrected chi connectivity index (χ2v) is 7.10. The summed E-state index contributed by atoms with van der Waals surface area (Å²) in [5, 5.41) is 2.94. The van der Waals surface area contributed by atoms with Gasteiger partial charge in [-0.25, -0.2) is 0 Å². The molecule has 30 heavy (non-hydrogen) atoms. The average Bonchev–Trinajstić information content (AvgIpc) is 3.27. The molecule has 3 rings (SSSR count). The highest BCUT2D eigenvalue weighted by atomic mass is 16.5. The van der Waals surface area contributed by atoms with E-state index < -0.39 is 6.04 Å². The van der Waals surface area contributed by atoms with E-state index in [1.165, 1.54) is 0 Å². The lowest BCUT2D eigenvalue weighted by Crippen LogP contribution is -2.46. The van der Waals surface area contributed by atoms with Gasteiger partial charge in [-0.05, 0) is 36.1 Å². The number of nitrogens with zero attached hydrogens (tertiary/aromatic N) is 1. The van der Waals surface area contributed by atoms with E-state index in [9.17, 15) is 9.59 Å². The van der Waals surface area contributed by atoms with Crippen LogP contribution in [-0.4, -0.2) is 43.0 Å². The smallest absolute Gasteiger partial charge is 0.243 e. The molecule has 1 saturated heterocycles. The molecule has 2 aromatic carbocycles. The summed E-state index contributed by atoms with van der Waals surface area (Å²) in [6, 6.07) is 14.6. The molecule has 0 aliphatic carbocycles. The quantitative estimate of drug-likeness (QED) is 0.684. The number of amides is 2. The zero-order chi connectivity index (χ0) is 21.3. The molecule has 1 atom stereocenters. The van der Waals surface area contributed by atoms with Crippen LogP contribution in [0, 0.1) is 12.3 Å². The topological polar surface area (TPSA) is 67.9 Å². The van der Waals surface area contributed by atoms with E-state index in [1.54, 1.807) is 24.1 Å². The number of likely N-dealkylation sites (tertiary alicyclic amines) is 1. The Kier molecular flexibility index (Phi) is 7.34. The van der Waals surface area contributed by atoms with Crippen LogP contribution in [0.5, 0.6) is 11.5 Å². The Balaban J connectivity index is 1.60. The van der Waals surface area contributed by atoms with E-state index in [4.69, 9.17) is 15.9 Å². The molecule has 0 aromatic heterocycles. The molecule has 156 valence electrons. The summed E-state index contributed by atoms with van der Waals surface area (Å²) < 4.78 is 10.8. The number of carbonyl (C=O) groups is 2. The van der Waals surface area contributed by atoms with Crippen LogP contribution in [0.4, 0.5) is 0 Å². The van der Waals surface area contributed by atoms with E-state index in [2.05, 4.69) is 11.2 Å². The van der Waals surface area contributed by atoms with Gasteiger partial charge in [0.05, 0.1) is 13.5 Å². The monoisotopic (exact) mass is 406 g/mol. The Morgan fingerprint density at radius 2 is 1.97 bits per heavy atom. The maximum absolute atomic E-state index is 12.8. The normalized spacial score (nSPS) is 15.3. The number of nitrogens with one attached hydrogen (secondary N) is 1. The summed E-state index contributed by atoms with van der Waals surface area (Å²) in [6.45, 7) is 1.07. The SMILES string of the molecule is C#CCOc1cc(CNC(=O)C2CCCN2C(=O)Cc2ccccc2)ccc1OC. The number of ether oxygens (including phenoxy) is 2. The van der Waals surface area contributed by atoms with Crippen LogP contribution >= 0.6 is 0 Å². The van der Waals surface area contributed by atoms with Crippen LogP contribution in [0.1, 0.15) is 24.0 Å². The van der Waals surface area contributed by atoms with E-state index in [1.807, 2.05) is 36.4 Å². The molecular weight excluding hydrogens is 380 g/mol. The summed E-state index contributed by atoms with van der Waals surface area (Å²) in [5.41, 5.74) is 1.81. The standard InChI is InChI=1S/C24H26N2O4/c1-3-14-30-22-15-19(11-12-21(22)29-2)17-25-24(28)20-10-7-13-26(20)23(27)16-18-8-5-4-6-9-18/h1,4-6,8-9,11-12,15,20H,7,10,13-14,16-17H2,2H3,(H,25,28). The first-order chi connectivity index (χ1) is 14.6. The van der Waals surface area contributed by atoms with Crippen molar-refractivity contribution in [2.45, 2.75) is 31.8 Å². The minimum absolute atomic E-state index is 0.0201. The number of hydrogen-bond acceptors (Lipinski definition) is 4. The van der Waals surface area contributed by atoms with Gasteiger partial charge < -0.3 is 19.7 Å².